The number of carbonyl (C=O) groups excluding carboxylic acids is 3. The van der Waals surface area contributed by atoms with Crippen molar-refractivity contribution in [3.8, 4) is 11.5 Å². The number of urea groups is 1. The second-order valence-electron chi connectivity index (χ2n) is 9.13. The quantitative estimate of drug-likeness (QED) is 0.181. The lowest BCUT2D eigenvalue weighted by Gasteiger charge is -2.14. The smallest absolute Gasteiger partial charge is 0.417 e. The van der Waals surface area contributed by atoms with Gasteiger partial charge >= 0.3 is 12.2 Å². The molecule has 4 rings (SSSR count). The summed E-state index contributed by atoms with van der Waals surface area (Å²) in [5.74, 6) is -0.556. The van der Waals surface area contributed by atoms with Crippen molar-refractivity contribution in [3.05, 3.63) is 107 Å². The summed E-state index contributed by atoms with van der Waals surface area (Å²) in [6, 6.07) is 18.1. The largest absolute Gasteiger partial charge is 0.457 e. The van der Waals surface area contributed by atoms with Crippen LogP contribution < -0.4 is 31.1 Å². The van der Waals surface area contributed by atoms with Crippen molar-refractivity contribution in [3.63, 3.8) is 0 Å². The van der Waals surface area contributed by atoms with E-state index in [2.05, 4.69) is 26.5 Å². The first-order valence-electron chi connectivity index (χ1n) is 12.5. The van der Waals surface area contributed by atoms with E-state index in [0.29, 0.717) is 17.0 Å². The molecule has 0 atom stereocenters. The van der Waals surface area contributed by atoms with E-state index in [-0.39, 0.29) is 17.1 Å². The molecule has 4 N–H and O–H groups in total. The fourth-order valence-corrected chi connectivity index (χ4v) is 3.85. The highest BCUT2D eigenvalue weighted by molar-refractivity contribution is 6.31. The summed E-state index contributed by atoms with van der Waals surface area (Å²) in [5.41, 5.74) is 4.98. The van der Waals surface area contributed by atoms with Crippen LogP contribution in [-0.2, 0) is 6.18 Å². The van der Waals surface area contributed by atoms with Gasteiger partial charge < -0.3 is 20.3 Å². The average Bonchev–Trinajstić information content (AvgIpc) is 2.97. The number of hydrogen-bond donors (Lipinski definition) is 4. The second kappa shape index (κ2) is 13.1. The number of nitrogens with one attached hydrogen (secondary N) is 4. The van der Waals surface area contributed by atoms with E-state index < -0.39 is 34.6 Å². The second-order valence-corrected chi connectivity index (χ2v) is 9.53. The van der Waals surface area contributed by atoms with E-state index in [9.17, 15) is 27.6 Å². The van der Waals surface area contributed by atoms with E-state index >= 15 is 0 Å². The van der Waals surface area contributed by atoms with Crippen molar-refractivity contribution in [2.24, 2.45) is 0 Å². The standard InChI is InChI=1S/C29H24ClF3N6O4/c1-39(2)20-5-3-4-17(14-20)26(40)37-38-27(41)25-16-22(12-13-34-25)43-21-9-6-18(7-10-21)35-28(42)36-19-8-11-24(30)23(15-19)29(31,32)33/h3-16H,1-2H3,(H,37,40)(H,38,41)(H2,35,36,42). The first kappa shape index (κ1) is 30.7. The molecule has 0 unspecified atom stereocenters. The summed E-state index contributed by atoms with van der Waals surface area (Å²) in [5, 5.41) is 4.34. The van der Waals surface area contributed by atoms with Gasteiger partial charge in [0.2, 0.25) is 0 Å². The molecule has 4 aromatic rings. The molecule has 1 aromatic heterocycles. The van der Waals surface area contributed by atoms with Crippen LogP contribution in [0.25, 0.3) is 0 Å². The van der Waals surface area contributed by atoms with Crippen LogP contribution in [-0.4, -0.2) is 36.9 Å². The predicted octanol–water partition coefficient (Wildman–Crippen LogP) is 6.33. The topological polar surface area (TPSA) is 125 Å². The molecule has 4 amide bonds. The maximum atomic E-state index is 13.1. The number of aromatic nitrogens is 1. The summed E-state index contributed by atoms with van der Waals surface area (Å²) >= 11 is 5.60. The average molecular weight is 613 g/mol. The van der Waals surface area contributed by atoms with Crippen LogP contribution in [0.2, 0.25) is 5.02 Å². The lowest BCUT2D eigenvalue weighted by atomic mass is 10.2. The van der Waals surface area contributed by atoms with Gasteiger partial charge in [0.05, 0.1) is 10.6 Å². The fraction of sp³-hybridized carbons (Fsp3) is 0.103. The number of hydrogen-bond acceptors (Lipinski definition) is 6. The van der Waals surface area contributed by atoms with Gasteiger partial charge in [0.1, 0.15) is 17.2 Å². The van der Waals surface area contributed by atoms with Crippen LogP contribution in [0.15, 0.2) is 85.1 Å². The maximum Gasteiger partial charge on any atom is 0.417 e. The Morgan fingerprint density at radius 3 is 2.19 bits per heavy atom. The summed E-state index contributed by atoms with van der Waals surface area (Å²) in [6.45, 7) is 0. The Morgan fingerprint density at radius 1 is 0.814 bits per heavy atom. The molecular weight excluding hydrogens is 589 g/mol. The molecule has 0 fully saturated rings. The molecule has 1 heterocycles. The molecule has 43 heavy (non-hydrogen) atoms. The number of halogens is 4. The van der Waals surface area contributed by atoms with Crippen molar-refractivity contribution in [1.82, 2.24) is 15.8 Å². The SMILES string of the molecule is CN(C)c1cccc(C(=O)NNC(=O)c2cc(Oc3ccc(NC(=O)Nc4ccc(Cl)c(C(F)(F)F)c4)cc3)ccn2)c1. The van der Waals surface area contributed by atoms with Crippen molar-refractivity contribution in [2.45, 2.75) is 6.18 Å². The third-order valence-electron chi connectivity index (χ3n) is 5.76. The van der Waals surface area contributed by atoms with Gasteiger partial charge in [0.15, 0.2) is 0 Å². The normalized spacial score (nSPS) is 10.8. The number of rotatable bonds is 7. The number of nitrogens with zero attached hydrogens (tertiary/aromatic N) is 2. The molecule has 14 heteroatoms. The van der Waals surface area contributed by atoms with Crippen molar-refractivity contribution >= 4 is 46.5 Å². The third kappa shape index (κ3) is 8.36. The molecule has 0 saturated carbocycles. The zero-order chi connectivity index (χ0) is 31.1. The third-order valence-corrected chi connectivity index (χ3v) is 6.09. The summed E-state index contributed by atoms with van der Waals surface area (Å²) in [7, 11) is 3.68. The molecule has 0 aliphatic carbocycles. The zero-order valence-electron chi connectivity index (χ0n) is 22.6. The molecule has 10 nitrogen and oxygen atoms in total. The number of hydrazine groups is 1. The molecule has 0 bridgehead atoms. The Morgan fingerprint density at radius 2 is 1.49 bits per heavy atom. The van der Waals surface area contributed by atoms with Crippen molar-refractivity contribution < 1.29 is 32.3 Å². The first-order chi connectivity index (χ1) is 20.4. The molecule has 0 radical (unpaired) electrons. The van der Waals surface area contributed by atoms with Gasteiger partial charge in [-0.2, -0.15) is 13.2 Å². The van der Waals surface area contributed by atoms with Gasteiger partial charge in [-0.05, 0) is 66.7 Å². The molecule has 0 spiro atoms. The van der Waals surface area contributed by atoms with Crippen LogP contribution in [0, 0.1) is 0 Å². The molecule has 3 aromatic carbocycles. The van der Waals surface area contributed by atoms with Crippen molar-refractivity contribution in [1.29, 1.82) is 0 Å². The summed E-state index contributed by atoms with van der Waals surface area (Å²) < 4.78 is 44.9. The van der Waals surface area contributed by atoms with Gasteiger partial charge in [-0.3, -0.25) is 25.4 Å². The summed E-state index contributed by atoms with van der Waals surface area (Å²) in [6.07, 6.45) is -3.32. The molecular formula is C29H24ClF3N6O4. The van der Waals surface area contributed by atoms with Crippen LogP contribution in [0.3, 0.4) is 0 Å². The van der Waals surface area contributed by atoms with Crippen LogP contribution >= 0.6 is 11.6 Å². The lowest BCUT2D eigenvalue weighted by Crippen LogP contribution is -2.42. The number of ether oxygens (including phenoxy) is 1. The Bertz CT molecular complexity index is 1650. The zero-order valence-corrected chi connectivity index (χ0v) is 23.4. The highest BCUT2D eigenvalue weighted by Crippen LogP contribution is 2.36. The van der Waals surface area contributed by atoms with Gasteiger partial charge in [-0.1, -0.05) is 17.7 Å². The highest BCUT2D eigenvalue weighted by Gasteiger charge is 2.33. The monoisotopic (exact) mass is 612 g/mol. The number of amides is 4. The minimum atomic E-state index is -4.67. The number of benzene rings is 3. The van der Waals surface area contributed by atoms with E-state index in [1.165, 1.54) is 48.7 Å². The Hall–Kier alpha value is -5.30. The maximum absolute atomic E-state index is 13.1. The number of anilines is 3. The Kier molecular flexibility index (Phi) is 9.36. The van der Waals surface area contributed by atoms with Gasteiger partial charge in [0.25, 0.3) is 11.8 Å². The minimum Gasteiger partial charge on any atom is -0.457 e. The molecule has 0 saturated heterocycles. The van der Waals surface area contributed by atoms with Crippen LogP contribution in [0.5, 0.6) is 11.5 Å². The molecule has 222 valence electrons. The fourth-order valence-electron chi connectivity index (χ4n) is 3.63. The van der Waals surface area contributed by atoms with E-state index in [1.807, 2.05) is 25.1 Å². The Balaban J connectivity index is 1.31. The van der Waals surface area contributed by atoms with Crippen LogP contribution in [0.1, 0.15) is 26.4 Å². The minimum absolute atomic E-state index is 0.0225. The predicted molar refractivity (Wildman–Crippen MR) is 156 cm³/mol. The first-order valence-corrected chi connectivity index (χ1v) is 12.8. The van der Waals surface area contributed by atoms with E-state index in [4.69, 9.17) is 16.3 Å². The van der Waals surface area contributed by atoms with E-state index in [1.54, 1.807) is 18.2 Å². The highest BCUT2D eigenvalue weighted by atomic mass is 35.5. The number of carbonyl (C=O) groups is 3. The Labute approximate surface area is 248 Å². The summed E-state index contributed by atoms with van der Waals surface area (Å²) in [4.78, 5) is 43.1. The van der Waals surface area contributed by atoms with Gasteiger partial charge in [-0.25, -0.2) is 4.79 Å². The van der Waals surface area contributed by atoms with Gasteiger partial charge in [0, 0.05) is 49.0 Å². The van der Waals surface area contributed by atoms with E-state index in [0.717, 1.165) is 17.8 Å². The van der Waals surface area contributed by atoms with Gasteiger partial charge in [-0.15, -0.1) is 0 Å². The number of pyridine rings is 1. The molecule has 0 aliphatic rings. The van der Waals surface area contributed by atoms with Crippen LogP contribution in [0.4, 0.5) is 35.0 Å². The van der Waals surface area contributed by atoms with Crippen molar-refractivity contribution in [2.75, 3.05) is 29.6 Å². The lowest BCUT2D eigenvalue weighted by molar-refractivity contribution is -0.137. The number of alkyl halides is 3. The molecule has 0 aliphatic heterocycles.